The lowest BCUT2D eigenvalue weighted by Crippen LogP contribution is -2.39. The number of hydrogen-bond donors (Lipinski definition) is 2. The third-order valence-electron chi connectivity index (χ3n) is 4.17. The summed E-state index contributed by atoms with van der Waals surface area (Å²) in [5.74, 6) is 0.388. The minimum Gasteiger partial charge on any atom is -0.397 e. The smallest absolute Gasteiger partial charge is 0.265 e. The Morgan fingerprint density at radius 2 is 2.19 bits per heavy atom. The van der Waals surface area contributed by atoms with Gasteiger partial charge in [0, 0.05) is 23.7 Å². The monoisotopic (exact) mass is 304 g/mol. The van der Waals surface area contributed by atoms with Crippen LogP contribution in [0, 0.1) is 12.8 Å². The van der Waals surface area contributed by atoms with Crippen LogP contribution in [0.2, 0.25) is 0 Å². The van der Waals surface area contributed by atoms with Crippen molar-refractivity contribution in [3.63, 3.8) is 0 Å². The number of nitrogen functional groups attached to an aromatic ring is 1. The molecule has 1 heterocycles. The zero-order chi connectivity index (χ0) is 15.1. The van der Waals surface area contributed by atoms with Crippen LogP contribution in [0.1, 0.15) is 28.1 Å². The number of hydrogen-bond acceptors (Lipinski definition) is 4. The number of thiophene rings is 1. The maximum absolute atomic E-state index is 12.6. The van der Waals surface area contributed by atoms with Gasteiger partial charge in [0.05, 0.1) is 11.8 Å². The second kappa shape index (κ2) is 5.31. The van der Waals surface area contributed by atoms with Crippen molar-refractivity contribution in [2.45, 2.75) is 25.9 Å². The van der Waals surface area contributed by atoms with E-state index in [0.29, 0.717) is 23.0 Å². The number of carbonyl (C=O) groups is 1. The summed E-state index contributed by atoms with van der Waals surface area (Å²) in [7, 11) is 1.81. The molecule has 0 unspecified atom stereocenters. The van der Waals surface area contributed by atoms with Crippen molar-refractivity contribution >= 4 is 33.0 Å². The summed E-state index contributed by atoms with van der Waals surface area (Å²) in [5, 5.41) is 10.3. The molecule has 4 nitrogen and oxygen atoms in total. The molecule has 3 N–H and O–H groups in total. The molecule has 1 saturated carbocycles. The maximum atomic E-state index is 12.6. The van der Waals surface area contributed by atoms with Gasteiger partial charge in [-0.3, -0.25) is 4.79 Å². The van der Waals surface area contributed by atoms with Crippen LogP contribution in [0.25, 0.3) is 10.1 Å². The Bertz CT molecular complexity index is 689. The lowest BCUT2D eigenvalue weighted by molar-refractivity contribution is 0.0267. The van der Waals surface area contributed by atoms with Crippen molar-refractivity contribution < 1.29 is 9.90 Å². The first-order valence-corrected chi connectivity index (χ1v) is 7.99. The zero-order valence-corrected chi connectivity index (χ0v) is 13.1. The van der Waals surface area contributed by atoms with Gasteiger partial charge in [-0.15, -0.1) is 11.3 Å². The summed E-state index contributed by atoms with van der Waals surface area (Å²) in [6.45, 7) is 2.72. The lowest BCUT2D eigenvalue weighted by atomic mass is 9.82. The first-order valence-electron chi connectivity index (χ1n) is 7.18. The van der Waals surface area contributed by atoms with Crippen molar-refractivity contribution in [2.75, 3.05) is 19.3 Å². The number of nitrogens with zero attached hydrogens (tertiary/aromatic N) is 1. The number of aliphatic hydroxyl groups is 1. The van der Waals surface area contributed by atoms with Crippen LogP contribution in [0.3, 0.4) is 0 Å². The summed E-state index contributed by atoms with van der Waals surface area (Å²) in [5.41, 5.74) is 7.90. The van der Waals surface area contributed by atoms with Crippen molar-refractivity contribution in [1.82, 2.24) is 4.90 Å². The third kappa shape index (κ3) is 2.63. The van der Waals surface area contributed by atoms with Crippen molar-refractivity contribution in [2.24, 2.45) is 5.92 Å². The predicted octanol–water partition coefficient (Wildman–Crippen LogP) is 2.63. The molecule has 1 aromatic heterocycles. The van der Waals surface area contributed by atoms with E-state index in [1.54, 1.807) is 4.90 Å². The van der Waals surface area contributed by atoms with Crippen LogP contribution in [0.15, 0.2) is 18.2 Å². The van der Waals surface area contributed by atoms with Gasteiger partial charge < -0.3 is 15.7 Å². The molecule has 1 fully saturated rings. The fourth-order valence-corrected chi connectivity index (χ4v) is 4.09. The number of amides is 1. The lowest BCUT2D eigenvalue weighted by Gasteiger charge is -2.34. The molecule has 1 aromatic carbocycles. The number of fused-ring (bicyclic) bond motifs is 1. The van der Waals surface area contributed by atoms with E-state index >= 15 is 0 Å². The van der Waals surface area contributed by atoms with E-state index in [1.165, 1.54) is 16.9 Å². The van der Waals surface area contributed by atoms with Crippen LogP contribution < -0.4 is 5.73 Å². The molecule has 21 heavy (non-hydrogen) atoms. The molecule has 0 atom stereocenters. The van der Waals surface area contributed by atoms with Gasteiger partial charge in [-0.05, 0) is 37.3 Å². The van der Waals surface area contributed by atoms with E-state index < -0.39 is 0 Å². The second-order valence-electron chi connectivity index (χ2n) is 6.02. The Balaban J connectivity index is 1.82. The summed E-state index contributed by atoms with van der Waals surface area (Å²) >= 11 is 1.46. The second-order valence-corrected chi connectivity index (χ2v) is 7.07. The fraction of sp³-hybridized carbons (Fsp3) is 0.438. The van der Waals surface area contributed by atoms with Crippen LogP contribution in [-0.2, 0) is 0 Å². The van der Waals surface area contributed by atoms with Gasteiger partial charge in [-0.1, -0.05) is 12.1 Å². The van der Waals surface area contributed by atoms with Crippen LogP contribution in [0.5, 0.6) is 0 Å². The SMILES string of the molecule is Cc1ccc2c(N)c(C(=O)N(C)CC3CC(O)C3)sc2c1. The standard InChI is InChI=1S/C16H20N2O2S/c1-9-3-4-12-13(5-9)21-15(14(12)17)16(20)18(2)8-10-6-11(19)7-10/h3-5,10-11,19H,6-8,17H2,1-2H3. The highest BCUT2D eigenvalue weighted by Gasteiger charge is 2.30. The van der Waals surface area contributed by atoms with Gasteiger partial charge in [0.1, 0.15) is 4.88 Å². The van der Waals surface area contributed by atoms with Crippen LogP contribution in [0.4, 0.5) is 5.69 Å². The highest BCUT2D eigenvalue weighted by molar-refractivity contribution is 7.21. The minimum absolute atomic E-state index is 0.0206. The van der Waals surface area contributed by atoms with Crippen LogP contribution >= 0.6 is 11.3 Å². The molecule has 112 valence electrons. The molecule has 0 bridgehead atoms. The Morgan fingerprint density at radius 1 is 1.48 bits per heavy atom. The van der Waals surface area contributed by atoms with Crippen molar-refractivity contribution in [1.29, 1.82) is 0 Å². The molecule has 1 aliphatic carbocycles. The molecule has 3 rings (SSSR count). The molecule has 1 amide bonds. The number of benzene rings is 1. The fourth-order valence-electron chi connectivity index (χ4n) is 2.88. The maximum Gasteiger partial charge on any atom is 0.265 e. The highest BCUT2D eigenvalue weighted by Crippen LogP contribution is 2.35. The van der Waals surface area contributed by atoms with Crippen molar-refractivity contribution in [3.8, 4) is 0 Å². The van der Waals surface area contributed by atoms with E-state index in [0.717, 1.165) is 22.9 Å². The Labute approximate surface area is 128 Å². The van der Waals surface area contributed by atoms with Gasteiger partial charge in [-0.25, -0.2) is 0 Å². The molecule has 1 aliphatic rings. The molecule has 0 saturated heterocycles. The largest absolute Gasteiger partial charge is 0.397 e. The average molecular weight is 304 g/mol. The molecule has 0 spiro atoms. The number of anilines is 1. The van der Waals surface area contributed by atoms with E-state index in [4.69, 9.17) is 5.73 Å². The molecule has 0 aliphatic heterocycles. The van der Waals surface area contributed by atoms with E-state index in [9.17, 15) is 9.90 Å². The quantitative estimate of drug-likeness (QED) is 0.916. The molecule has 0 radical (unpaired) electrons. The van der Waals surface area contributed by atoms with E-state index in [1.807, 2.05) is 26.1 Å². The minimum atomic E-state index is -0.184. The molecule has 2 aromatic rings. The number of nitrogens with two attached hydrogens (primary N) is 1. The Kier molecular flexibility index (Phi) is 3.63. The number of rotatable bonds is 3. The van der Waals surface area contributed by atoms with Gasteiger partial charge >= 0.3 is 0 Å². The predicted molar refractivity (Wildman–Crippen MR) is 86.7 cm³/mol. The topological polar surface area (TPSA) is 66.6 Å². The zero-order valence-electron chi connectivity index (χ0n) is 12.3. The normalized spacial score (nSPS) is 21.3. The summed E-state index contributed by atoms with van der Waals surface area (Å²) in [6.07, 6.45) is 1.40. The van der Waals surface area contributed by atoms with E-state index in [-0.39, 0.29) is 12.0 Å². The number of carbonyl (C=O) groups excluding carboxylic acids is 1. The average Bonchev–Trinajstić information content (AvgIpc) is 2.72. The molecular weight excluding hydrogens is 284 g/mol. The Hall–Kier alpha value is -1.59. The first-order chi connectivity index (χ1) is 9.95. The summed E-state index contributed by atoms with van der Waals surface area (Å²) < 4.78 is 1.06. The number of aryl methyl sites for hydroxylation is 1. The van der Waals surface area contributed by atoms with E-state index in [2.05, 4.69) is 6.07 Å². The summed E-state index contributed by atoms with van der Waals surface area (Å²) in [6, 6.07) is 6.06. The van der Waals surface area contributed by atoms with Crippen molar-refractivity contribution in [3.05, 3.63) is 28.6 Å². The van der Waals surface area contributed by atoms with Gasteiger partial charge in [-0.2, -0.15) is 0 Å². The first kappa shape index (κ1) is 14.4. The molecule has 5 heteroatoms. The van der Waals surface area contributed by atoms with Gasteiger partial charge in [0.25, 0.3) is 5.91 Å². The van der Waals surface area contributed by atoms with Crippen LogP contribution in [-0.4, -0.2) is 35.6 Å². The number of aliphatic hydroxyl groups excluding tert-OH is 1. The Morgan fingerprint density at radius 3 is 2.86 bits per heavy atom. The highest BCUT2D eigenvalue weighted by atomic mass is 32.1. The third-order valence-corrected chi connectivity index (χ3v) is 5.32. The summed E-state index contributed by atoms with van der Waals surface area (Å²) in [4.78, 5) is 14.9. The molecular formula is C16H20N2O2S. The van der Waals surface area contributed by atoms with Gasteiger partial charge in [0.15, 0.2) is 0 Å². The van der Waals surface area contributed by atoms with Gasteiger partial charge in [0.2, 0.25) is 0 Å².